The summed E-state index contributed by atoms with van der Waals surface area (Å²) in [6.45, 7) is 2.81. The zero-order valence-corrected chi connectivity index (χ0v) is 11.6. The lowest BCUT2D eigenvalue weighted by Gasteiger charge is -2.19. The summed E-state index contributed by atoms with van der Waals surface area (Å²) in [5.74, 6) is -0.0434. The number of amides is 1. The molecule has 0 aromatic heterocycles. The lowest BCUT2D eigenvalue weighted by molar-refractivity contribution is -0.122. The van der Waals surface area contributed by atoms with E-state index in [0.29, 0.717) is 13.2 Å². The molecule has 1 aromatic carbocycles. The highest BCUT2D eigenvalue weighted by Gasteiger charge is 2.18. The molecule has 0 spiro atoms. The largest absolute Gasteiger partial charge is 0.494 e. The van der Waals surface area contributed by atoms with Crippen LogP contribution in [0.2, 0.25) is 0 Å². The monoisotopic (exact) mass is 311 g/mol. The number of carbonyl (C=O) groups is 1. The van der Waals surface area contributed by atoms with E-state index in [1.54, 1.807) is 0 Å². The number of benzene rings is 1. The second kappa shape index (κ2) is 5.91. The van der Waals surface area contributed by atoms with Crippen LogP contribution in [0, 0.1) is 0 Å². The Morgan fingerprint density at radius 3 is 2.83 bits per heavy atom. The van der Waals surface area contributed by atoms with Crippen molar-refractivity contribution < 1.29 is 14.3 Å². The first-order valence-corrected chi connectivity index (χ1v) is 6.47. The van der Waals surface area contributed by atoms with Crippen LogP contribution < -0.4 is 5.32 Å². The van der Waals surface area contributed by atoms with Crippen LogP contribution in [0.3, 0.4) is 0 Å². The number of hydrogen-bond acceptors (Lipinski definition) is 3. The fraction of sp³-hybridized carbons (Fsp3) is 0.308. The van der Waals surface area contributed by atoms with Gasteiger partial charge in [0, 0.05) is 4.47 Å². The van der Waals surface area contributed by atoms with Crippen molar-refractivity contribution in [2.24, 2.45) is 0 Å². The fourth-order valence-corrected chi connectivity index (χ4v) is 2.29. The van der Waals surface area contributed by atoms with Crippen LogP contribution in [-0.2, 0) is 14.3 Å². The predicted molar refractivity (Wildman–Crippen MR) is 70.7 cm³/mol. The summed E-state index contributed by atoms with van der Waals surface area (Å²) >= 11 is 3.46. The van der Waals surface area contributed by atoms with E-state index in [-0.39, 0.29) is 17.7 Å². The van der Waals surface area contributed by atoms with Gasteiger partial charge in [-0.25, -0.2) is 0 Å². The Morgan fingerprint density at radius 2 is 2.17 bits per heavy atom. The maximum absolute atomic E-state index is 11.9. The van der Waals surface area contributed by atoms with Crippen LogP contribution in [-0.4, -0.2) is 19.1 Å². The highest BCUT2D eigenvalue weighted by Crippen LogP contribution is 2.23. The van der Waals surface area contributed by atoms with Crippen molar-refractivity contribution in [2.45, 2.75) is 13.0 Å². The Bertz CT molecular complexity index is 473. The van der Waals surface area contributed by atoms with E-state index in [9.17, 15) is 4.79 Å². The Hall–Kier alpha value is -1.49. The number of hydrogen-bond donors (Lipinski definition) is 1. The van der Waals surface area contributed by atoms with E-state index in [0.717, 1.165) is 10.0 Å². The third kappa shape index (κ3) is 3.04. The van der Waals surface area contributed by atoms with Gasteiger partial charge in [-0.05, 0) is 18.6 Å². The van der Waals surface area contributed by atoms with Gasteiger partial charge in [-0.2, -0.15) is 0 Å². The molecule has 0 radical (unpaired) electrons. The number of ether oxygens (including phenoxy) is 2. The van der Waals surface area contributed by atoms with Crippen molar-refractivity contribution in [3.63, 3.8) is 0 Å². The predicted octanol–water partition coefficient (Wildman–Crippen LogP) is 2.51. The average Bonchev–Trinajstić information content (AvgIpc) is 2.40. The minimum absolute atomic E-state index is 0.112. The van der Waals surface area contributed by atoms with Gasteiger partial charge in [0.15, 0.2) is 0 Å². The molecular formula is C13H14BrNO3. The van der Waals surface area contributed by atoms with Crippen LogP contribution in [0.4, 0.5) is 0 Å². The minimum atomic E-state index is -0.266. The van der Waals surface area contributed by atoms with E-state index in [2.05, 4.69) is 21.2 Å². The molecule has 1 heterocycles. The summed E-state index contributed by atoms with van der Waals surface area (Å²) in [5, 5.41) is 2.86. The summed E-state index contributed by atoms with van der Waals surface area (Å²) < 4.78 is 11.2. The van der Waals surface area contributed by atoms with Crippen molar-refractivity contribution in [2.75, 3.05) is 13.2 Å². The van der Waals surface area contributed by atoms with Gasteiger partial charge in [-0.1, -0.05) is 34.1 Å². The van der Waals surface area contributed by atoms with Gasteiger partial charge in [0.25, 0.3) is 5.91 Å². The van der Waals surface area contributed by atoms with Gasteiger partial charge >= 0.3 is 0 Å². The van der Waals surface area contributed by atoms with E-state index in [4.69, 9.17) is 9.47 Å². The standard InChI is InChI=1S/C13H14BrNO3/c1-9(10-4-2-3-5-11(10)14)15-13(16)12-8-17-6-7-18-12/h2-5,8-9H,6-7H2,1H3,(H,15,16)/t9-/m1/s1. The van der Waals surface area contributed by atoms with E-state index >= 15 is 0 Å². The van der Waals surface area contributed by atoms with Gasteiger partial charge in [0.2, 0.25) is 5.76 Å². The van der Waals surface area contributed by atoms with Gasteiger partial charge in [0.1, 0.15) is 19.5 Å². The van der Waals surface area contributed by atoms with Crippen molar-refractivity contribution in [3.8, 4) is 0 Å². The summed E-state index contributed by atoms with van der Waals surface area (Å²) in [6.07, 6.45) is 1.35. The number of rotatable bonds is 3. The van der Waals surface area contributed by atoms with Crippen LogP contribution in [0.1, 0.15) is 18.5 Å². The molecule has 1 aromatic rings. The maximum Gasteiger partial charge on any atom is 0.290 e. The quantitative estimate of drug-likeness (QED) is 0.933. The molecule has 0 unspecified atom stereocenters. The zero-order valence-electron chi connectivity index (χ0n) is 9.98. The van der Waals surface area contributed by atoms with Crippen molar-refractivity contribution >= 4 is 21.8 Å². The molecule has 0 saturated heterocycles. The Labute approximate surface area is 114 Å². The second-order valence-electron chi connectivity index (χ2n) is 3.92. The molecule has 4 nitrogen and oxygen atoms in total. The van der Waals surface area contributed by atoms with Crippen molar-refractivity contribution in [3.05, 3.63) is 46.3 Å². The maximum atomic E-state index is 11.9. The third-order valence-corrected chi connectivity index (χ3v) is 3.31. The normalized spacial score (nSPS) is 16.0. The first-order chi connectivity index (χ1) is 8.68. The van der Waals surface area contributed by atoms with E-state index in [1.165, 1.54) is 6.26 Å². The highest BCUT2D eigenvalue weighted by molar-refractivity contribution is 9.10. The first kappa shape index (κ1) is 13.0. The molecule has 2 rings (SSSR count). The lowest BCUT2D eigenvalue weighted by atomic mass is 10.1. The van der Waals surface area contributed by atoms with E-state index < -0.39 is 0 Å². The highest BCUT2D eigenvalue weighted by atomic mass is 79.9. The molecule has 1 N–H and O–H groups in total. The topological polar surface area (TPSA) is 47.6 Å². The van der Waals surface area contributed by atoms with Crippen LogP contribution in [0.15, 0.2) is 40.8 Å². The molecule has 1 aliphatic rings. The molecule has 18 heavy (non-hydrogen) atoms. The number of halogens is 1. The molecule has 1 amide bonds. The SMILES string of the molecule is C[C@@H](NC(=O)C1=COCCO1)c1ccccc1Br. The first-order valence-electron chi connectivity index (χ1n) is 5.68. The van der Waals surface area contributed by atoms with Gasteiger partial charge in [0.05, 0.1) is 6.04 Å². The van der Waals surface area contributed by atoms with E-state index in [1.807, 2.05) is 31.2 Å². The molecule has 0 saturated carbocycles. The molecule has 5 heteroatoms. The lowest BCUT2D eigenvalue weighted by Crippen LogP contribution is -2.30. The average molecular weight is 312 g/mol. The number of carbonyl (C=O) groups excluding carboxylic acids is 1. The molecule has 0 fully saturated rings. The smallest absolute Gasteiger partial charge is 0.290 e. The molecule has 1 atom stereocenters. The van der Waals surface area contributed by atoms with Crippen LogP contribution >= 0.6 is 15.9 Å². The van der Waals surface area contributed by atoms with Crippen LogP contribution in [0.5, 0.6) is 0 Å². The Kier molecular flexibility index (Phi) is 4.25. The van der Waals surface area contributed by atoms with Gasteiger partial charge in [-0.15, -0.1) is 0 Å². The molecule has 0 aliphatic carbocycles. The Balaban J connectivity index is 2.03. The second-order valence-corrected chi connectivity index (χ2v) is 4.77. The number of nitrogens with one attached hydrogen (secondary N) is 1. The fourth-order valence-electron chi connectivity index (χ4n) is 1.66. The molecular weight excluding hydrogens is 298 g/mol. The molecule has 0 bridgehead atoms. The Morgan fingerprint density at radius 1 is 1.39 bits per heavy atom. The summed E-state index contributed by atoms with van der Waals surface area (Å²) in [5.41, 5.74) is 1.02. The molecule has 1 aliphatic heterocycles. The minimum Gasteiger partial charge on any atom is -0.494 e. The summed E-state index contributed by atoms with van der Waals surface area (Å²) in [7, 11) is 0. The van der Waals surface area contributed by atoms with Crippen molar-refractivity contribution in [1.29, 1.82) is 0 Å². The molecule has 96 valence electrons. The zero-order chi connectivity index (χ0) is 13.0. The van der Waals surface area contributed by atoms with Gasteiger partial charge in [-0.3, -0.25) is 4.79 Å². The summed E-state index contributed by atoms with van der Waals surface area (Å²) in [4.78, 5) is 11.9. The summed E-state index contributed by atoms with van der Waals surface area (Å²) in [6, 6.07) is 7.66. The van der Waals surface area contributed by atoms with Crippen molar-refractivity contribution in [1.82, 2.24) is 5.32 Å². The third-order valence-electron chi connectivity index (χ3n) is 2.59. The van der Waals surface area contributed by atoms with Crippen LogP contribution in [0.25, 0.3) is 0 Å². The van der Waals surface area contributed by atoms with Gasteiger partial charge < -0.3 is 14.8 Å².